The number of benzene rings is 8. The number of fused-ring (bicyclic) bond motifs is 6. The topological polar surface area (TPSA) is 9.86 Å². The molecule has 322 valence electrons. The molecule has 2 heterocycles. The molecule has 0 fully saturated rings. The molecule has 0 radical (unpaired) electrons. The monoisotopic (exact) mass is 860 g/mol. The minimum absolute atomic E-state index is 0.0996. The second kappa shape index (κ2) is 17.3. The quantitative estimate of drug-likeness (QED) is 0.137. The van der Waals surface area contributed by atoms with Crippen molar-refractivity contribution in [2.24, 2.45) is 0 Å². The molecular formula is C65H52N2. The van der Waals surface area contributed by atoms with E-state index < -0.39 is 5.41 Å². The Balaban J connectivity index is 1.24. The summed E-state index contributed by atoms with van der Waals surface area (Å²) in [6, 6.07) is 75.1. The Morgan fingerprint density at radius 3 is 1.67 bits per heavy atom. The average Bonchev–Trinajstić information content (AvgIpc) is 3.89. The van der Waals surface area contributed by atoms with Crippen LogP contribution >= 0.6 is 0 Å². The van der Waals surface area contributed by atoms with Gasteiger partial charge in [-0.2, -0.15) is 0 Å². The second-order valence-electron chi connectivity index (χ2n) is 17.8. The third kappa shape index (κ3) is 7.05. The van der Waals surface area contributed by atoms with Crippen LogP contribution in [0.4, 0.5) is 0 Å². The molecule has 1 aliphatic rings. The number of hydrogen-bond acceptors (Lipinski definition) is 0. The predicted molar refractivity (Wildman–Crippen MR) is 287 cm³/mol. The van der Waals surface area contributed by atoms with E-state index in [4.69, 9.17) is 0 Å². The molecule has 2 aromatic heterocycles. The molecule has 67 heavy (non-hydrogen) atoms. The first-order valence-corrected chi connectivity index (χ1v) is 23.4. The van der Waals surface area contributed by atoms with Crippen LogP contribution < -0.4 is 0 Å². The largest absolute Gasteiger partial charge is 0.309 e. The van der Waals surface area contributed by atoms with Crippen molar-refractivity contribution < 1.29 is 0 Å². The van der Waals surface area contributed by atoms with E-state index in [-0.39, 0.29) is 5.92 Å². The lowest BCUT2D eigenvalue weighted by Crippen LogP contribution is -2.28. The highest BCUT2D eigenvalue weighted by Gasteiger charge is 2.41. The summed E-state index contributed by atoms with van der Waals surface area (Å²) in [6.07, 6.45) is 13.8. The second-order valence-corrected chi connectivity index (χ2v) is 17.8. The summed E-state index contributed by atoms with van der Waals surface area (Å²) in [5, 5.41) is 2.46. The van der Waals surface area contributed by atoms with Gasteiger partial charge in [-0.05, 0) is 118 Å². The molecule has 8 aromatic carbocycles. The van der Waals surface area contributed by atoms with Crippen molar-refractivity contribution in [3.63, 3.8) is 0 Å². The van der Waals surface area contributed by atoms with Gasteiger partial charge in [-0.15, -0.1) is 0 Å². The molecule has 0 N–H and O–H groups in total. The molecule has 0 amide bonds. The van der Waals surface area contributed by atoms with Gasteiger partial charge in [-0.25, -0.2) is 0 Å². The Bertz CT molecular complexity index is 3510. The summed E-state index contributed by atoms with van der Waals surface area (Å²) < 4.78 is 4.88. The summed E-state index contributed by atoms with van der Waals surface area (Å²) >= 11 is 0. The van der Waals surface area contributed by atoms with Crippen LogP contribution in [-0.4, -0.2) is 9.13 Å². The fourth-order valence-corrected chi connectivity index (χ4v) is 10.7. The summed E-state index contributed by atoms with van der Waals surface area (Å²) in [7, 11) is 0. The van der Waals surface area contributed by atoms with Crippen LogP contribution in [0.15, 0.2) is 225 Å². The Hall–Kier alpha value is -8.20. The molecule has 1 aliphatic carbocycles. The normalized spacial score (nSPS) is 16.1. The summed E-state index contributed by atoms with van der Waals surface area (Å²) in [6.45, 7) is 11.4. The maximum Gasteiger partial charge on any atom is 0.0547 e. The van der Waals surface area contributed by atoms with Crippen molar-refractivity contribution in [1.82, 2.24) is 9.13 Å². The molecule has 2 nitrogen and oxygen atoms in total. The molecule has 2 atom stereocenters. The molecule has 0 saturated carbocycles. The molecule has 0 aliphatic heterocycles. The molecule has 0 saturated heterocycles. The SMILES string of the molecule is C=Cc1c(/C=C\C)c2c(n1-c1ccc(-c3ccccc3)cc1)/C=C\c1c(ccc3c1c1ccccc1n3-c1ccc(-c3ccccc3)cc1)C(C)(c1ccccc1)/C2=C\C(C)c1ccccc1. The highest BCUT2D eigenvalue weighted by Crippen LogP contribution is 2.53. The highest BCUT2D eigenvalue weighted by atomic mass is 15.0. The van der Waals surface area contributed by atoms with Crippen molar-refractivity contribution in [3.05, 3.63) is 270 Å². The van der Waals surface area contributed by atoms with Gasteiger partial charge in [-0.3, -0.25) is 0 Å². The predicted octanol–water partition coefficient (Wildman–Crippen LogP) is 17.3. The third-order valence-corrected chi connectivity index (χ3v) is 14.0. The Labute approximate surface area is 394 Å². The van der Waals surface area contributed by atoms with E-state index in [9.17, 15) is 0 Å². The first-order chi connectivity index (χ1) is 33.0. The van der Waals surface area contributed by atoms with E-state index in [1.807, 2.05) is 6.08 Å². The van der Waals surface area contributed by atoms with Crippen molar-refractivity contribution in [1.29, 1.82) is 0 Å². The molecule has 11 rings (SSSR count). The van der Waals surface area contributed by atoms with Gasteiger partial charge in [-0.1, -0.05) is 208 Å². The van der Waals surface area contributed by atoms with Gasteiger partial charge >= 0.3 is 0 Å². The minimum Gasteiger partial charge on any atom is -0.309 e. The van der Waals surface area contributed by atoms with Crippen molar-refractivity contribution in [3.8, 4) is 33.6 Å². The lowest BCUT2D eigenvalue weighted by molar-refractivity contribution is 0.737. The summed E-state index contributed by atoms with van der Waals surface area (Å²) in [5.74, 6) is 0.0996. The fraction of sp³-hybridized carbons (Fsp3) is 0.0769. The number of hydrogen-bond donors (Lipinski definition) is 0. The molecule has 0 spiro atoms. The minimum atomic E-state index is -0.619. The number of nitrogens with zero attached hydrogens (tertiary/aromatic N) is 2. The van der Waals surface area contributed by atoms with E-state index in [1.165, 1.54) is 77.5 Å². The maximum absolute atomic E-state index is 4.51. The zero-order chi connectivity index (χ0) is 45.5. The van der Waals surface area contributed by atoms with Gasteiger partial charge in [0.2, 0.25) is 0 Å². The Morgan fingerprint density at radius 2 is 1.07 bits per heavy atom. The van der Waals surface area contributed by atoms with Crippen LogP contribution in [0.1, 0.15) is 71.5 Å². The van der Waals surface area contributed by atoms with E-state index >= 15 is 0 Å². The number of allylic oxidation sites excluding steroid dienone is 3. The molecule has 2 heteroatoms. The van der Waals surface area contributed by atoms with Gasteiger partial charge in [0.15, 0.2) is 0 Å². The van der Waals surface area contributed by atoms with Crippen LogP contribution in [0.2, 0.25) is 0 Å². The summed E-state index contributed by atoms with van der Waals surface area (Å²) in [4.78, 5) is 0. The van der Waals surface area contributed by atoms with Crippen molar-refractivity contribution >= 4 is 51.7 Å². The molecular weight excluding hydrogens is 809 g/mol. The Morgan fingerprint density at radius 1 is 0.537 bits per heavy atom. The van der Waals surface area contributed by atoms with Gasteiger partial charge < -0.3 is 9.13 Å². The first-order valence-electron chi connectivity index (χ1n) is 23.4. The van der Waals surface area contributed by atoms with Crippen LogP contribution in [-0.2, 0) is 5.41 Å². The van der Waals surface area contributed by atoms with Gasteiger partial charge in [0.25, 0.3) is 0 Å². The van der Waals surface area contributed by atoms with Gasteiger partial charge in [0.1, 0.15) is 0 Å². The highest BCUT2D eigenvalue weighted by molar-refractivity contribution is 6.15. The van der Waals surface area contributed by atoms with Gasteiger partial charge in [0.05, 0.1) is 22.4 Å². The van der Waals surface area contributed by atoms with E-state index in [1.54, 1.807) is 0 Å². The van der Waals surface area contributed by atoms with Crippen LogP contribution in [0.5, 0.6) is 0 Å². The average molecular weight is 861 g/mol. The number of rotatable bonds is 9. The lowest BCUT2D eigenvalue weighted by atomic mass is 9.64. The zero-order valence-electron chi connectivity index (χ0n) is 38.3. The van der Waals surface area contributed by atoms with Crippen LogP contribution in [0.3, 0.4) is 0 Å². The molecule has 10 aromatic rings. The molecule has 2 unspecified atom stereocenters. The first kappa shape index (κ1) is 41.5. The smallest absolute Gasteiger partial charge is 0.0547 e. The number of aromatic nitrogens is 2. The fourth-order valence-electron chi connectivity index (χ4n) is 10.7. The van der Waals surface area contributed by atoms with Crippen LogP contribution in [0.25, 0.3) is 85.3 Å². The molecule has 0 bridgehead atoms. The van der Waals surface area contributed by atoms with Crippen LogP contribution in [0, 0.1) is 0 Å². The maximum atomic E-state index is 4.51. The van der Waals surface area contributed by atoms with E-state index in [0.717, 1.165) is 28.3 Å². The zero-order valence-corrected chi connectivity index (χ0v) is 38.3. The van der Waals surface area contributed by atoms with E-state index in [0.29, 0.717) is 0 Å². The third-order valence-electron chi connectivity index (χ3n) is 14.0. The lowest BCUT2D eigenvalue weighted by Gasteiger charge is -2.38. The standard InChI is InChI=1S/C65H52N2/c1-5-21-55-59(6-2)66(52-36-32-49(33-37-52)47-24-13-8-14-25-47)62-42-40-54-57(65(4,51-28-17-10-18-29-51)58(64(55)62)44-45(3)46-22-11-7-12-23-46)41-43-61-63(54)56-30-19-20-31-60(56)67(61)53-38-34-50(35-39-53)48-26-15-9-16-27-48/h5-45H,2H2,1,3-4H3/b21-5-,42-40-,58-44-. The number of para-hydroxylation sites is 1. The van der Waals surface area contributed by atoms with Crippen molar-refractivity contribution in [2.45, 2.75) is 32.1 Å². The van der Waals surface area contributed by atoms with E-state index in [2.05, 4.69) is 273 Å². The summed E-state index contributed by atoms with van der Waals surface area (Å²) in [5.41, 5.74) is 19.5. The van der Waals surface area contributed by atoms with Crippen molar-refractivity contribution in [2.75, 3.05) is 0 Å². The van der Waals surface area contributed by atoms with Gasteiger partial charge in [0, 0.05) is 38.7 Å². The Kier molecular flexibility index (Phi) is 10.7.